The normalized spacial score (nSPS) is 19.8. The van der Waals surface area contributed by atoms with Crippen LogP contribution in [0.2, 0.25) is 0 Å². The molecule has 3 heterocycles. The van der Waals surface area contributed by atoms with Gasteiger partial charge in [0.2, 0.25) is 0 Å². The van der Waals surface area contributed by atoms with Crippen LogP contribution >= 0.6 is 0 Å². The Bertz CT molecular complexity index is 721. The summed E-state index contributed by atoms with van der Waals surface area (Å²) in [5.74, 6) is 0.593. The number of pyridine rings is 1. The smallest absolute Gasteiger partial charge is 0.272 e. The SMILES string of the molecule is CC1(C)CCN(C(=O)c2cccc(-n3cncn3)n2)CC(C)(C)C1. The summed E-state index contributed by atoms with van der Waals surface area (Å²) in [5, 5.41) is 4.07. The van der Waals surface area contributed by atoms with E-state index in [0.29, 0.717) is 11.5 Å². The molecule has 24 heavy (non-hydrogen) atoms. The predicted molar refractivity (Wildman–Crippen MR) is 91.9 cm³/mol. The van der Waals surface area contributed by atoms with E-state index in [4.69, 9.17) is 0 Å². The van der Waals surface area contributed by atoms with E-state index in [1.54, 1.807) is 17.1 Å². The second kappa shape index (κ2) is 6.00. The van der Waals surface area contributed by atoms with Crippen molar-refractivity contribution >= 4 is 5.91 Å². The molecular weight excluding hydrogens is 302 g/mol. The van der Waals surface area contributed by atoms with Gasteiger partial charge in [0, 0.05) is 13.1 Å². The van der Waals surface area contributed by atoms with Gasteiger partial charge in [0.1, 0.15) is 18.3 Å². The summed E-state index contributed by atoms with van der Waals surface area (Å²) in [6.45, 7) is 10.6. The number of hydrogen-bond acceptors (Lipinski definition) is 4. The van der Waals surface area contributed by atoms with Gasteiger partial charge < -0.3 is 4.90 Å². The van der Waals surface area contributed by atoms with Crippen LogP contribution in [0.25, 0.3) is 5.82 Å². The fourth-order valence-corrected chi connectivity index (χ4v) is 3.80. The van der Waals surface area contributed by atoms with Crippen molar-refractivity contribution in [3.8, 4) is 5.82 Å². The lowest BCUT2D eigenvalue weighted by molar-refractivity contribution is 0.0700. The molecule has 128 valence electrons. The highest BCUT2D eigenvalue weighted by molar-refractivity contribution is 5.92. The van der Waals surface area contributed by atoms with Crippen LogP contribution < -0.4 is 0 Å². The third-order valence-electron chi connectivity index (χ3n) is 4.53. The Morgan fingerprint density at radius 1 is 1.17 bits per heavy atom. The molecule has 0 aliphatic carbocycles. The zero-order valence-corrected chi connectivity index (χ0v) is 14.9. The minimum Gasteiger partial charge on any atom is -0.337 e. The van der Waals surface area contributed by atoms with E-state index < -0.39 is 0 Å². The summed E-state index contributed by atoms with van der Waals surface area (Å²) in [6, 6.07) is 5.43. The summed E-state index contributed by atoms with van der Waals surface area (Å²) < 4.78 is 1.56. The molecule has 0 radical (unpaired) electrons. The van der Waals surface area contributed by atoms with E-state index in [1.807, 2.05) is 17.0 Å². The summed E-state index contributed by atoms with van der Waals surface area (Å²) in [5.41, 5.74) is 0.798. The Hall–Kier alpha value is -2.24. The average molecular weight is 327 g/mol. The molecule has 1 amide bonds. The summed E-state index contributed by atoms with van der Waals surface area (Å²) in [7, 11) is 0. The fourth-order valence-electron chi connectivity index (χ4n) is 3.80. The molecular formula is C18H25N5O. The lowest BCUT2D eigenvalue weighted by Crippen LogP contribution is -2.38. The lowest BCUT2D eigenvalue weighted by atomic mass is 9.75. The molecule has 3 rings (SSSR count). The molecule has 1 aliphatic heterocycles. The molecule has 1 saturated heterocycles. The first-order valence-corrected chi connectivity index (χ1v) is 8.37. The topological polar surface area (TPSA) is 63.9 Å². The first-order chi connectivity index (χ1) is 11.3. The maximum absolute atomic E-state index is 13.0. The molecule has 1 aliphatic rings. The third kappa shape index (κ3) is 3.63. The van der Waals surface area contributed by atoms with Crippen molar-refractivity contribution in [2.45, 2.75) is 40.5 Å². The van der Waals surface area contributed by atoms with E-state index in [2.05, 4.69) is 42.8 Å². The lowest BCUT2D eigenvalue weighted by Gasteiger charge is -2.32. The van der Waals surface area contributed by atoms with Crippen molar-refractivity contribution in [2.24, 2.45) is 10.8 Å². The largest absolute Gasteiger partial charge is 0.337 e. The molecule has 6 heteroatoms. The van der Waals surface area contributed by atoms with E-state index in [1.165, 1.54) is 6.33 Å². The predicted octanol–water partition coefficient (Wildman–Crippen LogP) is 2.95. The van der Waals surface area contributed by atoms with Crippen LogP contribution in [0.15, 0.2) is 30.9 Å². The van der Waals surface area contributed by atoms with Crippen molar-refractivity contribution < 1.29 is 4.79 Å². The zero-order chi connectivity index (χ0) is 17.4. The van der Waals surface area contributed by atoms with Crippen LogP contribution in [-0.2, 0) is 0 Å². The second-order valence-corrected chi connectivity index (χ2v) is 8.20. The number of amides is 1. The Kier molecular flexibility index (Phi) is 4.15. The molecule has 2 aromatic heterocycles. The van der Waals surface area contributed by atoms with Gasteiger partial charge in [0.15, 0.2) is 5.82 Å². The number of carbonyl (C=O) groups is 1. The summed E-state index contributed by atoms with van der Waals surface area (Å²) in [4.78, 5) is 23.3. The van der Waals surface area contributed by atoms with Crippen LogP contribution in [0.5, 0.6) is 0 Å². The van der Waals surface area contributed by atoms with Crippen LogP contribution in [-0.4, -0.2) is 43.6 Å². The van der Waals surface area contributed by atoms with Crippen molar-refractivity contribution in [3.63, 3.8) is 0 Å². The monoisotopic (exact) mass is 327 g/mol. The van der Waals surface area contributed by atoms with Crippen molar-refractivity contribution in [1.82, 2.24) is 24.6 Å². The van der Waals surface area contributed by atoms with Gasteiger partial charge in [0.05, 0.1) is 0 Å². The zero-order valence-electron chi connectivity index (χ0n) is 14.9. The van der Waals surface area contributed by atoms with E-state index in [-0.39, 0.29) is 16.7 Å². The highest BCUT2D eigenvalue weighted by Gasteiger charge is 2.36. The average Bonchev–Trinajstić information content (AvgIpc) is 3.00. The Labute approximate surface area is 142 Å². The Morgan fingerprint density at radius 2 is 1.96 bits per heavy atom. The Balaban J connectivity index is 1.85. The quantitative estimate of drug-likeness (QED) is 0.851. The molecule has 2 aromatic rings. The molecule has 0 atom stereocenters. The van der Waals surface area contributed by atoms with Gasteiger partial charge in [-0.15, -0.1) is 0 Å². The van der Waals surface area contributed by atoms with Crippen molar-refractivity contribution in [3.05, 3.63) is 36.5 Å². The molecule has 0 N–H and O–H groups in total. The number of carbonyl (C=O) groups excluding carboxylic acids is 1. The molecule has 0 saturated carbocycles. The number of hydrogen-bond donors (Lipinski definition) is 0. The van der Waals surface area contributed by atoms with E-state index >= 15 is 0 Å². The first kappa shape index (κ1) is 16.6. The summed E-state index contributed by atoms with van der Waals surface area (Å²) in [6.07, 6.45) is 5.14. The van der Waals surface area contributed by atoms with Gasteiger partial charge in [-0.25, -0.2) is 14.6 Å². The van der Waals surface area contributed by atoms with Gasteiger partial charge in [-0.2, -0.15) is 5.10 Å². The summed E-state index contributed by atoms with van der Waals surface area (Å²) >= 11 is 0. The maximum atomic E-state index is 13.0. The van der Waals surface area contributed by atoms with Crippen LogP contribution in [0, 0.1) is 10.8 Å². The van der Waals surface area contributed by atoms with Crippen LogP contribution in [0.4, 0.5) is 0 Å². The second-order valence-electron chi connectivity index (χ2n) is 8.20. The van der Waals surface area contributed by atoms with Gasteiger partial charge in [-0.1, -0.05) is 33.8 Å². The molecule has 0 spiro atoms. The number of aromatic nitrogens is 4. The van der Waals surface area contributed by atoms with Crippen molar-refractivity contribution in [1.29, 1.82) is 0 Å². The highest BCUT2D eigenvalue weighted by atomic mass is 16.2. The molecule has 6 nitrogen and oxygen atoms in total. The minimum atomic E-state index is -0.0114. The number of likely N-dealkylation sites (tertiary alicyclic amines) is 1. The molecule has 0 aromatic carbocycles. The minimum absolute atomic E-state index is 0.0114. The third-order valence-corrected chi connectivity index (χ3v) is 4.53. The molecule has 0 unspecified atom stereocenters. The van der Waals surface area contributed by atoms with Crippen LogP contribution in [0.3, 0.4) is 0 Å². The standard InChI is InChI=1S/C18H25N5O/c1-17(2)8-9-22(11-18(3,4)10-17)16(24)14-6-5-7-15(21-14)23-13-19-12-20-23/h5-7,12-13H,8-11H2,1-4H3. The molecule has 0 bridgehead atoms. The molecule has 1 fully saturated rings. The first-order valence-electron chi connectivity index (χ1n) is 8.37. The van der Waals surface area contributed by atoms with Gasteiger partial charge in [0.25, 0.3) is 5.91 Å². The van der Waals surface area contributed by atoms with Gasteiger partial charge in [-0.05, 0) is 35.8 Å². The maximum Gasteiger partial charge on any atom is 0.272 e. The van der Waals surface area contributed by atoms with Crippen molar-refractivity contribution in [2.75, 3.05) is 13.1 Å². The van der Waals surface area contributed by atoms with Gasteiger partial charge >= 0.3 is 0 Å². The van der Waals surface area contributed by atoms with Crippen LogP contribution in [0.1, 0.15) is 51.0 Å². The number of rotatable bonds is 2. The van der Waals surface area contributed by atoms with E-state index in [9.17, 15) is 4.79 Å². The highest BCUT2D eigenvalue weighted by Crippen LogP contribution is 2.39. The van der Waals surface area contributed by atoms with E-state index in [0.717, 1.165) is 25.9 Å². The van der Waals surface area contributed by atoms with Gasteiger partial charge in [-0.3, -0.25) is 4.79 Å². The Morgan fingerprint density at radius 3 is 2.67 bits per heavy atom. The number of nitrogens with zero attached hydrogens (tertiary/aromatic N) is 5. The fraction of sp³-hybridized carbons (Fsp3) is 0.556.